The lowest BCUT2D eigenvalue weighted by Crippen LogP contribution is -2.18. The van der Waals surface area contributed by atoms with Gasteiger partial charge < -0.3 is 11.1 Å². The maximum Gasteiger partial charge on any atom is 0.169 e. The largest absolute Gasteiger partial charge is 0.381 e. The van der Waals surface area contributed by atoms with E-state index in [0.717, 1.165) is 29.3 Å². The molecule has 1 aliphatic rings. The summed E-state index contributed by atoms with van der Waals surface area (Å²) >= 11 is 0. The van der Waals surface area contributed by atoms with Gasteiger partial charge in [0.1, 0.15) is 0 Å². The van der Waals surface area contributed by atoms with E-state index in [9.17, 15) is 0 Å². The molecule has 1 aliphatic carbocycles. The Kier molecular flexibility index (Phi) is 3.49. The van der Waals surface area contributed by atoms with Gasteiger partial charge in [0, 0.05) is 6.54 Å². The van der Waals surface area contributed by atoms with E-state index in [1.165, 1.54) is 32.1 Å². The molecule has 0 aliphatic heterocycles. The van der Waals surface area contributed by atoms with E-state index in [1.807, 2.05) is 24.3 Å². The third-order valence-electron chi connectivity index (χ3n) is 3.88. The maximum atomic E-state index is 5.97. The molecule has 1 aromatic heterocycles. The minimum Gasteiger partial charge on any atom is -0.381 e. The van der Waals surface area contributed by atoms with Gasteiger partial charge in [-0.3, -0.25) is 0 Å². The summed E-state index contributed by atoms with van der Waals surface area (Å²) in [5.74, 6) is 1.97. The van der Waals surface area contributed by atoms with Crippen LogP contribution in [0, 0.1) is 5.92 Å². The predicted molar refractivity (Wildman–Crippen MR) is 79.0 cm³/mol. The predicted octanol–water partition coefficient (Wildman–Crippen LogP) is 3.20. The molecule has 1 heterocycles. The number of para-hydroxylation sites is 2. The quantitative estimate of drug-likeness (QED) is 0.885. The molecule has 0 unspecified atom stereocenters. The minimum atomic E-state index is 0.495. The number of nitrogens with two attached hydrogens (primary N) is 1. The van der Waals surface area contributed by atoms with Crippen molar-refractivity contribution in [2.45, 2.75) is 32.1 Å². The van der Waals surface area contributed by atoms with Gasteiger partial charge >= 0.3 is 0 Å². The van der Waals surface area contributed by atoms with Crippen LogP contribution in [0.15, 0.2) is 24.3 Å². The highest BCUT2D eigenvalue weighted by molar-refractivity contribution is 5.79. The number of aromatic nitrogens is 2. The van der Waals surface area contributed by atoms with Crippen molar-refractivity contribution in [1.82, 2.24) is 9.97 Å². The smallest absolute Gasteiger partial charge is 0.169 e. The van der Waals surface area contributed by atoms with Gasteiger partial charge in [-0.15, -0.1) is 0 Å². The molecule has 19 heavy (non-hydrogen) atoms. The first-order valence-corrected chi connectivity index (χ1v) is 7.09. The van der Waals surface area contributed by atoms with E-state index in [-0.39, 0.29) is 0 Å². The minimum absolute atomic E-state index is 0.495. The Labute approximate surface area is 113 Å². The molecule has 0 amide bonds. The summed E-state index contributed by atoms with van der Waals surface area (Å²) in [4.78, 5) is 8.95. The fourth-order valence-electron chi connectivity index (χ4n) is 2.78. The number of nitrogens with one attached hydrogen (secondary N) is 1. The molecule has 4 heteroatoms. The second kappa shape index (κ2) is 5.43. The number of nitrogen functional groups attached to an aromatic ring is 1. The Balaban J connectivity index is 1.74. The van der Waals surface area contributed by atoms with E-state index in [0.29, 0.717) is 5.82 Å². The van der Waals surface area contributed by atoms with Crippen molar-refractivity contribution in [1.29, 1.82) is 0 Å². The number of fused-ring (bicyclic) bond motifs is 1. The van der Waals surface area contributed by atoms with Crippen LogP contribution in [0.2, 0.25) is 0 Å². The SMILES string of the molecule is Nc1nc2ccccc2nc1NCC1CCCCC1. The Hall–Kier alpha value is -1.84. The third kappa shape index (κ3) is 2.78. The molecule has 0 saturated heterocycles. The lowest BCUT2D eigenvalue weighted by molar-refractivity contribution is 0.373. The molecule has 100 valence electrons. The summed E-state index contributed by atoms with van der Waals surface area (Å²) in [6.45, 7) is 0.956. The highest BCUT2D eigenvalue weighted by Gasteiger charge is 2.14. The van der Waals surface area contributed by atoms with Crippen molar-refractivity contribution in [3.63, 3.8) is 0 Å². The number of hydrogen-bond acceptors (Lipinski definition) is 4. The fourth-order valence-corrected chi connectivity index (χ4v) is 2.78. The van der Waals surface area contributed by atoms with Gasteiger partial charge in [-0.2, -0.15) is 0 Å². The van der Waals surface area contributed by atoms with Gasteiger partial charge in [-0.25, -0.2) is 9.97 Å². The summed E-state index contributed by atoms with van der Waals surface area (Å²) in [7, 11) is 0. The highest BCUT2D eigenvalue weighted by Crippen LogP contribution is 2.25. The van der Waals surface area contributed by atoms with E-state index < -0.39 is 0 Å². The zero-order chi connectivity index (χ0) is 13.1. The first-order chi connectivity index (χ1) is 9.33. The van der Waals surface area contributed by atoms with E-state index in [1.54, 1.807) is 0 Å². The monoisotopic (exact) mass is 256 g/mol. The molecular weight excluding hydrogens is 236 g/mol. The molecule has 1 saturated carbocycles. The Morgan fingerprint density at radius 2 is 1.74 bits per heavy atom. The van der Waals surface area contributed by atoms with Crippen molar-refractivity contribution >= 4 is 22.7 Å². The number of rotatable bonds is 3. The Morgan fingerprint density at radius 3 is 2.47 bits per heavy atom. The van der Waals surface area contributed by atoms with Crippen LogP contribution < -0.4 is 11.1 Å². The molecule has 0 spiro atoms. The van der Waals surface area contributed by atoms with Crippen LogP contribution >= 0.6 is 0 Å². The molecule has 0 radical (unpaired) electrons. The zero-order valence-corrected chi connectivity index (χ0v) is 11.1. The topological polar surface area (TPSA) is 63.8 Å². The van der Waals surface area contributed by atoms with Crippen LogP contribution in [-0.2, 0) is 0 Å². The van der Waals surface area contributed by atoms with Crippen LogP contribution in [-0.4, -0.2) is 16.5 Å². The van der Waals surface area contributed by atoms with Crippen LogP contribution in [0.1, 0.15) is 32.1 Å². The lowest BCUT2D eigenvalue weighted by Gasteiger charge is -2.22. The highest BCUT2D eigenvalue weighted by atomic mass is 15.1. The molecular formula is C15H20N4. The van der Waals surface area contributed by atoms with Crippen molar-refractivity contribution < 1.29 is 0 Å². The summed E-state index contributed by atoms with van der Waals surface area (Å²) in [6.07, 6.45) is 6.71. The van der Waals surface area contributed by atoms with Crippen LogP contribution in [0.5, 0.6) is 0 Å². The summed E-state index contributed by atoms with van der Waals surface area (Å²) < 4.78 is 0. The van der Waals surface area contributed by atoms with E-state index in [4.69, 9.17) is 5.73 Å². The average molecular weight is 256 g/mol. The molecule has 0 bridgehead atoms. The van der Waals surface area contributed by atoms with Crippen molar-refractivity contribution in [2.75, 3.05) is 17.6 Å². The third-order valence-corrected chi connectivity index (χ3v) is 3.88. The molecule has 3 N–H and O–H groups in total. The maximum absolute atomic E-state index is 5.97. The molecule has 4 nitrogen and oxygen atoms in total. The number of nitrogens with zero attached hydrogens (tertiary/aromatic N) is 2. The summed E-state index contributed by atoms with van der Waals surface area (Å²) in [5.41, 5.74) is 7.71. The summed E-state index contributed by atoms with van der Waals surface area (Å²) in [5, 5.41) is 3.38. The van der Waals surface area contributed by atoms with Gasteiger partial charge in [0.2, 0.25) is 0 Å². The fraction of sp³-hybridized carbons (Fsp3) is 0.467. The van der Waals surface area contributed by atoms with Crippen LogP contribution in [0.4, 0.5) is 11.6 Å². The van der Waals surface area contributed by atoms with Gasteiger partial charge in [0.05, 0.1) is 11.0 Å². The van der Waals surface area contributed by atoms with Gasteiger partial charge in [0.25, 0.3) is 0 Å². The first kappa shape index (κ1) is 12.2. The number of hydrogen-bond donors (Lipinski definition) is 2. The van der Waals surface area contributed by atoms with E-state index >= 15 is 0 Å². The second-order valence-corrected chi connectivity index (χ2v) is 5.33. The molecule has 1 fully saturated rings. The summed E-state index contributed by atoms with van der Waals surface area (Å²) in [6, 6.07) is 7.82. The Bertz CT molecular complexity index is 561. The van der Waals surface area contributed by atoms with Crippen molar-refractivity contribution in [3.8, 4) is 0 Å². The molecule has 2 aromatic rings. The van der Waals surface area contributed by atoms with Crippen LogP contribution in [0.3, 0.4) is 0 Å². The average Bonchev–Trinajstić information content (AvgIpc) is 2.46. The van der Waals surface area contributed by atoms with Crippen molar-refractivity contribution in [2.24, 2.45) is 5.92 Å². The normalized spacial score (nSPS) is 16.6. The van der Waals surface area contributed by atoms with Gasteiger partial charge in [-0.05, 0) is 30.9 Å². The molecule has 3 rings (SSSR count). The molecule has 1 aromatic carbocycles. The number of anilines is 2. The van der Waals surface area contributed by atoms with Gasteiger partial charge in [-0.1, -0.05) is 31.4 Å². The zero-order valence-electron chi connectivity index (χ0n) is 11.1. The van der Waals surface area contributed by atoms with E-state index in [2.05, 4.69) is 15.3 Å². The van der Waals surface area contributed by atoms with Crippen molar-refractivity contribution in [3.05, 3.63) is 24.3 Å². The van der Waals surface area contributed by atoms with Crippen LogP contribution in [0.25, 0.3) is 11.0 Å². The second-order valence-electron chi connectivity index (χ2n) is 5.33. The number of benzene rings is 1. The molecule has 0 atom stereocenters. The Morgan fingerprint density at radius 1 is 1.05 bits per heavy atom. The first-order valence-electron chi connectivity index (χ1n) is 7.09. The lowest BCUT2D eigenvalue weighted by atomic mass is 9.89. The standard InChI is InChI=1S/C15H20N4/c16-14-15(17-10-11-6-2-1-3-7-11)19-13-9-5-4-8-12(13)18-14/h4-5,8-9,11H,1-3,6-7,10H2,(H2,16,18)(H,17,19). The van der Waals surface area contributed by atoms with Gasteiger partial charge in [0.15, 0.2) is 11.6 Å².